The van der Waals surface area contributed by atoms with Crippen LogP contribution in [0, 0.1) is 30.9 Å². The molecule has 250 valence electrons. The Morgan fingerprint density at radius 1 is 0.816 bits per heavy atom. The van der Waals surface area contributed by atoms with Crippen LogP contribution in [0.2, 0.25) is 0 Å². The topological polar surface area (TPSA) is 44.9 Å². The largest absolute Gasteiger partial charge is 2.00 e. The van der Waals surface area contributed by atoms with Crippen LogP contribution in [0.3, 0.4) is 0 Å². The van der Waals surface area contributed by atoms with Gasteiger partial charge in [-0.1, -0.05) is 69.1 Å². The summed E-state index contributed by atoms with van der Waals surface area (Å²) in [4.78, 5) is 5.88. The molecule has 0 amide bonds. The van der Waals surface area contributed by atoms with E-state index in [9.17, 15) is 0 Å². The number of pyridine rings is 1. The molecular weight excluding hydrogens is 804 g/mol. The Kier molecular flexibility index (Phi) is 10.5. The van der Waals surface area contributed by atoms with Gasteiger partial charge in [0.05, 0.1) is 6.20 Å². The molecule has 0 aliphatic carbocycles. The van der Waals surface area contributed by atoms with Gasteiger partial charge in [0.2, 0.25) is 0 Å². The van der Waals surface area contributed by atoms with Gasteiger partial charge >= 0.3 is 21.1 Å². The van der Waals surface area contributed by atoms with E-state index < -0.39 is 0 Å². The number of fused-ring (bicyclic) bond motifs is 3. The van der Waals surface area contributed by atoms with Crippen LogP contribution in [-0.2, 0) is 33.9 Å². The van der Waals surface area contributed by atoms with Gasteiger partial charge in [0, 0.05) is 39.9 Å². The minimum atomic E-state index is 0. The third-order valence-electron chi connectivity index (χ3n) is 8.53. The van der Waals surface area contributed by atoms with E-state index in [1.165, 1.54) is 22.3 Å². The molecule has 5 nitrogen and oxygen atoms in total. The smallest absolute Gasteiger partial charge is 0.509 e. The van der Waals surface area contributed by atoms with Crippen LogP contribution in [0.4, 0.5) is 0 Å². The maximum Gasteiger partial charge on any atom is 2.00 e. The summed E-state index contributed by atoms with van der Waals surface area (Å²) in [6.07, 6.45) is 10.1. The van der Waals surface area contributed by atoms with Crippen molar-refractivity contribution < 1.29 is 25.8 Å². The van der Waals surface area contributed by atoms with E-state index in [-0.39, 0.29) is 21.1 Å². The molecule has 0 fully saturated rings. The maximum absolute atomic E-state index is 6.42. The molecule has 4 aromatic carbocycles. The van der Waals surface area contributed by atoms with Crippen LogP contribution < -0.4 is 4.74 Å². The number of aromatic nitrogens is 4. The second-order valence-electron chi connectivity index (χ2n) is 13.3. The molecule has 3 aromatic heterocycles. The summed E-state index contributed by atoms with van der Waals surface area (Å²) in [7, 11) is 0. The minimum Gasteiger partial charge on any atom is -0.509 e. The SMILES string of the molecule is CSc1ccnc(-n2c3[c-]c(Oc4[c-]c(-n5cc(-c6c(CC(C)C)cc(C)cc6CC(C)C)cn5)ccc4)ccc3c3ccccc32)c1.[Pt+2]. The van der Waals surface area contributed by atoms with E-state index in [0.29, 0.717) is 23.3 Å². The van der Waals surface area contributed by atoms with Crippen LogP contribution in [0.5, 0.6) is 11.5 Å². The number of aryl methyl sites for hydroxylation is 1. The first-order valence-electron chi connectivity index (χ1n) is 16.6. The van der Waals surface area contributed by atoms with Crippen molar-refractivity contribution in [3.05, 3.63) is 126 Å². The van der Waals surface area contributed by atoms with Gasteiger partial charge in [0.1, 0.15) is 5.82 Å². The van der Waals surface area contributed by atoms with Crippen LogP contribution >= 0.6 is 11.8 Å². The molecule has 3 heterocycles. The molecule has 49 heavy (non-hydrogen) atoms. The second kappa shape index (κ2) is 14.8. The summed E-state index contributed by atoms with van der Waals surface area (Å²) in [5.41, 5.74) is 9.35. The molecule has 0 saturated carbocycles. The molecule has 0 aliphatic rings. The predicted octanol–water partition coefficient (Wildman–Crippen LogP) is 10.8. The van der Waals surface area contributed by atoms with Crippen molar-refractivity contribution in [2.75, 3.05) is 6.26 Å². The van der Waals surface area contributed by atoms with Crippen LogP contribution in [-0.4, -0.2) is 25.6 Å². The van der Waals surface area contributed by atoms with Crippen molar-refractivity contribution in [1.82, 2.24) is 19.3 Å². The van der Waals surface area contributed by atoms with E-state index in [0.717, 1.165) is 56.6 Å². The van der Waals surface area contributed by atoms with E-state index in [1.807, 2.05) is 47.4 Å². The molecule has 0 bridgehead atoms. The first-order valence-corrected chi connectivity index (χ1v) is 17.8. The third-order valence-corrected chi connectivity index (χ3v) is 9.26. The Bertz CT molecular complexity index is 2220. The van der Waals surface area contributed by atoms with Crippen LogP contribution in [0.15, 0.2) is 102 Å². The number of thioether (sulfide) groups is 1. The molecule has 7 rings (SSSR count). The number of hydrogen-bond donors (Lipinski definition) is 0. The summed E-state index contributed by atoms with van der Waals surface area (Å²) in [6, 6.07) is 34.2. The average Bonchev–Trinajstić information content (AvgIpc) is 3.67. The van der Waals surface area contributed by atoms with Gasteiger partial charge in [-0.15, -0.1) is 47.5 Å². The molecule has 7 aromatic rings. The van der Waals surface area contributed by atoms with Crippen LogP contribution in [0.1, 0.15) is 44.4 Å². The van der Waals surface area contributed by atoms with Gasteiger partial charge in [-0.3, -0.25) is 4.68 Å². The maximum atomic E-state index is 6.42. The fourth-order valence-corrected chi connectivity index (χ4v) is 7.09. The summed E-state index contributed by atoms with van der Waals surface area (Å²) in [6.45, 7) is 11.3. The quantitative estimate of drug-likeness (QED) is 0.102. The average molecular weight is 844 g/mol. The number of rotatable bonds is 10. The van der Waals surface area contributed by atoms with E-state index >= 15 is 0 Å². The molecule has 0 unspecified atom stereocenters. The Balaban J connectivity index is 0.00000417. The van der Waals surface area contributed by atoms with Crippen molar-refractivity contribution in [2.24, 2.45) is 11.8 Å². The number of nitrogens with zero attached hydrogens (tertiary/aromatic N) is 4. The predicted molar refractivity (Wildman–Crippen MR) is 199 cm³/mol. The number of benzene rings is 4. The Morgan fingerprint density at radius 2 is 1.55 bits per heavy atom. The van der Waals surface area contributed by atoms with Gasteiger partial charge in [-0.25, -0.2) is 4.98 Å². The van der Waals surface area contributed by atoms with Gasteiger partial charge < -0.3 is 9.30 Å². The summed E-state index contributed by atoms with van der Waals surface area (Å²) in [5, 5.41) is 7.06. The van der Waals surface area contributed by atoms with Gasteiger partial charge in [0.25, 0.3) is 0 Å². The molecular formula is C42H40N4OPtS. The van der Waals surface area contributed by atoms with Gasteiger partial charge in [-0.05, 0) is 83.8 Å². The molecule has 0 N–H and O–H groups in total. The summed E-state index contributed by atoms with van der Waals surface area (Å²) >= 11 is 1.70. The van der Waals surface area contributed by atoms with E-state index in [4.69, 9.17) is 14.8 Å². The standard InChI is InChI=1S/C42H40N4OS.Pt/c1-27(2)18-30-20-29(5)21-31(19-28(3)4)42(30)32-25-44-45(26-32)33-10-9-11-34(22-33)47-35-14-15-38-37-12-7-8-13-39(37)46(40(38)23-35)41-24-36(48-6)16-17-43-41;/h7-17,20-21,24-28H,18-19H2,1-6H3;/q-2;+2. The zero-order valence-electron chi connectivity index (χ0n) is 28.7. The first-order chi connectivity index (χ1) is 23.3. The number of ether oxygens (including phenoxy) is 1. The monoisotopic (exact) mass is 843 g/mol. The molecule has 7 heteroatoms. The van der Waals surface area contributed by atoms with Crippen molar-refractivity contribution >= 4 is 33.6 Å². The molecule has 0 aliphatic heterocycles. The van der Waals surface area contributed by atoms with Crippen molar-refractivity contribution in [1.29, 1.82) is 0 Å². The Morgan fingerprint density at radius 3 is 2.29 bits per heavy atom. The summed E-state index contributed by atoms with van der Waals surface area (Å²) < 4.78 is 10.5. The van der Waals surface area contributed by atoms with Crippen LogP contribution in [0.25, 0.3) is 44.4 Å². The van der Waals surface area contributed by atoms with Gasteiger partial charge in [-0.2, -0.15) is 17.2 Å². The van der Waals surface area contributed by atoms with Crippen molar-refractivity contribution in [2.45, 2.75) is 52.4 Å². The third kappa shape index (κ3) is 7.27. The Labute approximate surface area is 308 Å². The summed E-state index contributed by atoms with van der Waals surface area (Å²) in [5.74, 6) is 3.18. The fraction of sp³-hybridized carbons (Fsp3) is 0.238. The second-order valence-corrected chi connectivity index (χ2v) is 14.2. The number of hydrogen-bond acceptors (Lipinski definition) is 4. The normalized spacial score (nSPS) is 11.5. The van der Waals surface area contributed by atoms with Crippen molar-refractivity contribution in [3.63, 3.8) is 0 Å². The molecule has 0 radical (unpaired) electrons. The molecule has 0 spiro atoms. The molecule has 0 saturated heterocycles. The zero-order valence-corrected chi connectivity index (χ0v) is 31.8. The zero-order chi connectivity index (χ0) is 33.4. The first kappa shape index (κ1) is 34.7. The van der Waals surface area contributed by atoms with E-state index in [1.54, 1.807) is 11.8 Å². The van der Waals surface area contributed by atoms with E-state index in [2.05, 4.69) is 112 Å². The van der Waals surface area contributed by atoms with Gasteiger partial charge in [0.15, 0.2) is 0 Å². The Hall–Kier alpha value is -4.12. The van der Waals surface area contributed by atoms with Crippen molar-refractivity contribution in [3.8, 4) is 34.1 Å². The number of para-hydroxylation sites is 1. The molecule has 0 atom stereocenters. The minimum absolute atomic E-state index is 0. The fourth-order valence-electron chi connectivity index (χ4n) is 6.67.